The minimum absolute atomic E-state index is 0.0435. The van der Waals surface area contributed by atoms with Crippen LogP contribution in [0.5, 0.6) is 0 Å². The molecule has 1 saturated heterocycles. The van der Waals surface area contributed by atoms with E-state index in [1.807, 2.05) is 42.5 Å². The Morgan fingerprint density at radius 2 is 2.04 bits per heavy atom. The third-order valence-corrected chi connectivity index (χ3v) is 4.93. The van der Waals surface area contributed by atoms with Crippen molar-refractivity contribution in [3.05, 3.63) is 60.3 Å². The molecule has 6 heteroatoms. The van der Waals surface area contributed by atoms with Crippen LogP contribution in [0.3, 0.4) is 0 Å². The molecule has 2 heterocycles. The molecule has 1 fully saturated rings. The van der Waals surface area contributed by atoms with Crippen LogP contribution < -0.4 is 5.73 Å². The Labute approximate surface area is 163 Å². The molecule has 1 atom stereocenters. The number of aromatic nitrogens is 1. The summed E-state index contributed by atoms with van der Waals surface area (Å²) < 4.78 is 11.1. The van der Waals surface area contributed by atoms with Gasteiger partial charge in [0.15, 0.2) is 0 Å². The fourth-order valence-electron chi connectivity index (χ4n) is 3.43. The van der Waals surface area contributed by atoms with Gasteiger partial charge >= 0.3 is 0 Å². The molecule has 2 aromatic carbocycles. The molecule has 1 aliphatic rings. The average molecular weight is 377 g/mol. The molecule has 28 heavy (non-hydrogen) atoms. The molecule has 0 saturated carbocycles. The second-order valence-electron chi connectivity index (χ2n) is 6.97. The van der Waals surface area contributed by atoms with Crippen LogP contribution in [-0.4, -0.2) is 55.3 Å². The van der Waals surface area contributed by atoms with Gasteiger partial charge in [0, 0.05) is 36.4 Å². The molecule has 2 N–H and O–H groups in total. The van der Waals surface area contributed by atoms with Crippen LogP contribution in [0.15, 0.2) is 54.7 Å². The molecule has 1 aromatic heterocycles. The summed E-state index contributed by atoms with van der Waals surface area (Å²) in [4.78, 5) is 18.9. The van der Waals surface area contributed by atoms with Crippen molar-refractivity contribution in [2.75, 3.05) is 39.1 Å². The molecule has 1 amide bonds. The first kappa shape index (κ1) is 18.4. The second-order valence-corrected chi connectivity index (χ2v) is 6.97. The van der Waals surface area contributed by atoms with Crippen molar-refractivity contribution in [3.63, 3.8) is 0 Å². The lowest BCUT2D eigenvalue weighted by Crippen LogP contribution is -2.40. The van der Waals surface area contributed by atoms with Crippen LogP contribution in [0.4, 0.5) is 5.69 Å². The first-order valence-corrected chi connectivity index (χ1v) is 9.31. The van der Waals surface area contributed by atoms with E-state index in [2.05, 4.69) is 4.98 Å². The summed E-state index contributed by atoms with van der Waals surface area (Å²) in [6, 6.07) is 15.4. The van der Waals surface area contributed by atoms with Gasteiger partial charge in [0.05, 0.1) is 31.4 Å². The van der Waals surface area contributed by atoms with E-state index in [0.717, 1.165) is 22.0 Å². The zero-order chi connectivity index (χ0) is 19.5. The van der Waals surface area contributed by atoms with Crippen LogP contribution in [-0.2, 0) is 9.47 Å². The van der Waals surface area contributed by atoms with Crippen LogP contribution in [0.1, 0.15) is 10.4 Å². The number of nitrogens with zero attached hydrogens (tertiary/aromatic N) is 2. The van der Waals surface area contributed by atoms with Gasteiger partial charge in [0.1, 0.15) is 0 Å². The lowest BCUT2D eigenvalue weighted by atomic mass is 10.0. The predicted molar refractivity (Wildman–Crippen MR) is 109 cm³/mol. The maximum Gasteiger partial charge on any atom is 0.253 e. The van der Waals surface area contributed by atoms with Crippen molar-refractivity contribution in [1.29, 1.82) is 0 Å². The van der Waals surface area contributed by atoms with Gasteiger partial charge in [-0.1, -0.05) is 18.2 Å². The Morgan fingerprint density at radius 3 is 2.86 bits per heavy atom. The smallest absolute Gasteiger partial charge is 0.253 e. The van der Waals surface area contributed by atoms with Gasteiger partial charge in [-0.05, 0) is 41.5 Å². The maximum absolute atomic E-state index is 12.9. The van der Waals surface area contributed by atoms with Crippen LogP contribution in [0, 0.1) is 0 Å². The van der Waals surface area contributed by atoms with Crippen molar-refractivity contribution in [2.45, 2.75) is 6.10 Å². The lowest BCUT2D eigenvalue weighted by molar-refractivity contribution is -0.0933. The van der Waals surface area contributed by atoms with E-state index in [-0.39, 0.29) is 12.0 Å². The summed E-state index contributed by atoms with van der Waals surface area (Å²) in [6.07, 6.45) is 1.62. The highest BCUT2D eigenvalue weighted by Crippen LogP contribution is 2.27. The van der Waals surface area contributed by atoms with Crippen LogP contribution in [0.25, 0.3) is 22.0 Å². The number of hydrogen-bond acceptors (Lipinski definition) is 5. The summed E-state index contributed by atoms with van der Waals surface area (Å²) >= 11 is 0. The Bertz CT molecular complexity index is 999. The molecule has 0 radical (unpaired) electrons. The van der Waals surface area contributed by atoms with Gasteiger partial charge in [-0.2, -0.15) is 0 Å². The van der Waals surface area contributed by atoms with Crippen molar-refractivity contribution in [2.24, 2.45) is 0 Å². The Morgan fingerprint density at radius 1 is 1.18 bits per heavy atom. The second kappa shape index (κ2) is 7.96. The number of fused-ring (bicyclic) bond motifs is 1. The first-order valence-electron chi connectivity index (χ1n) is 9.31. The van der Waals surface area contributed by atoms with E-state index < -0.39 is 0 Å². The van der Waals surface area contributed by atoms with E-state index in [4.69, 9.17) is 15.2 Å². The lowest BCUT2D eigenvalue weighted by Gasteiger charge is -2.27. The fourth-order valence-corrected chi connectivity index (χ4v) is 3.43. The monoisotopic (exact) mass is 377 g/mol. The summed E-state index contributed by atoms with van der Waals surface area (Å²) in [6.45, 7) is 2.20. The molecule has 0 unspecified atom stereocenters. The summed E-state index contributed by atoms with van der Waals surface area (Å²) in [5, 5.41) is 0.906. The summed E-state index contributed by atoms with van der Waals surface area (Å²) in [5.41, 5.74) is 10.2. The van der Waals surface area contributed by atoms with E-state index in [1.165, 1.54) is 0 Å². The zero-order valence-corrected chi connectivity index (χ0v) is 15.8. The van der Waals surface area contributed by atoms with Gasteiger partial charge in [0.25, 0.3) is 5.91 Å². The van der Waals surface area contributed by atoms with E-state index in [0.29, 0.717) is 37.6 Å². The SMILES string of the molecule is CN(C[C@@H]1COCCO1)C(=O)c1cccc(-c2ccc3nccc(N)c3c2)c1. The number of carbonyl (C=O) groups is 1. The molecule has 3 aromatic rings. The number of anilines is 1. The molecule has 144 valence electrons. The minimum Gasteiger partial charge on any atom is -0.398 e. The van der Waals surface area contributed by atoms with Gasteiger partial charge in [-0.15, -0.1) is 0 Å². The molecule has 4 rings (SSSR count). The molecule has 0 bridgehead atoms. The van der Waals surface area contributed by atoms with Gasteiger partial charge < -0.3 is 20.1 Å². The Balaban J connectivity index is 1.57. The Hall–Kier alpha value is -2.96. The van der Waals surface area contributed by atoms with Crippen molar-refractivity contribution >= 4 is 22.5 Å². The van der Waals surface area contributed by atoms with E-state index in [9.17, 15) is 4.79 Å². The van der Waals surface area contributed by atoms with Crippen molar-refractivity contribution in [1.82, 2.24) is 9.88 Å². The standard InChI is InChI=1S/C22H23N3O3/c1-25(13-18-14-27-9-10-28-18)22(26)17-4-2-3-15(11-17)16-5-6-21-19(12-16)20(23)7-8-24-21/h2-8,11-12,18H,9-10,13-14H2,1H3,(H2,23,24)/t18-/m1/s1. The number of nitrogens with two attached hydrogens (primary N) is 1. The van der Waals surface area contributed by atoms with E-state index >= 15 is 0 Å². The highest BCUT2D eigenvalue weighted by Gasteiger charge is 2.20. The maximum atomic E-state index is 12.9. The molecular formula is C22H23N3O3. The average Bonchev–Trinajstić information content (AvgIpc) is 2.74. The third-order valence-electron chi connectivity index (χ3n) is 4.93. The minimum atomic E-state index is -0.0816. The third kappa shape index (κ3) is 3.83. The van der Waals surface area contributed by atoms with Crippen LogP contribution in [0.2, 0.25) is 0 Å². The number of likely N-dealkylation sites (N-methyl/N-ethyl adjacent to an activating group) is 1. The Kier molecular flexibility index (Phi) is 5.23. The molecule has 1 aliphatic heterocycles. The molecule has 6 nitrogen and oxygen atoms in total. The molecular weight excluding hydrogens is 354 g/mol. The van der Waals surface area contributed by atoms with Crippen molar-refractivity contribution < 1.29 is 14.3 Å². The topological polar surface area (TPSA) is 77.7 Å². The molecule has 0 aliphatic carbocycles. The quantitative estimate of drug-likeness (QED) is 0.756. The van der Waals surface area contributed by atoms with Crippen LogP contribution >= 0.6 is 0 Å². The first-order chi connectivity index (χ1) is 13.6. The number of nitrogen functional groups attached to an aromatic ring is 1. The highest BCUT2D eigenvalue weighted by atomic mass is 16.6. The fraction of sp³-hybridized carbons (Fsp3) is 0.273. The number of pyridine rings is 1. The number of rotatable bonds is 4. The molecule has 0 spiro atoms. The predicted octanol–water partition coefficient (Wildman–Crippen LogP) is 2.97. The summed E-state index contributed by atoms with van der Waals surface area (Å²) in [7, 11) is 1.79. The van der Waals surface area contributed by atoms with Gasteiger partial charge in [0.2, 0.25) is 0 Å². The van der Waals surface area contributed by atoms with Gasteiger partial charge in [-0.25, -0.2) is 0 Å². The zero-order valence-electron chi connectivity index (χ0n) is 15.8. The van der Waals surface area contributed by atoms with Gasteiger partial charge in [-0.3, -0.25) is 9.78 Å². The normalized spacial score (nSPS) is 16.8. The number of amides is 1. The number of benzene rings is 2. The number of carbonyl (C=O) groups excluding carboxylic acids is 1. The van der Waals surface area contributed by atoms with E-state index in [1.54, 1.807) is 24.2 Å². The number of ether oxygens (including phenoxy) is 2. The van der Waals surface area contributed by atoms with Crippen molar-refractivity contribution in [3.8, 4) is 11.1 Å². The highest BCUT2D eigenvalue weighted by molar-refractivity contribution is 5.97. The summed E-state index contributed by atoms with van der Waals surface area (Å²) in [5.74, 6) is -0.0435. The largest absolute Gasteiger partial charge is 0.398 e. The number of hydrogen-bond donors (Lipinski definition) is 1.